The molecule has 1 aromatic carbocycles. The van der Waals surface area contributed by atoms with E-state index in [1.807, 2.05) is 12.1 Å². The van der Waals surface area contributed by atoms with E-state index in [1.165, 1.54) is 43.5 Å². The third-order valence-corrected chi connectivity index (χ3v) is 3.91. The van der Waals surface area contributed by atoms with Gasteiger partial charge in [-0.25, -0.2) is 0 Å². The molecule has 1 unspecified atom stereocenters. The molecule has 1 aliphatic heterocycles. The van der Waals surface area contributed by atoms with Crippen LogP contribution in [-0.4, -0.2) is 29.1 Å². The highest BCUT2D eigenvalue weighted by atomic mass is 16.4. The third-order valence-electron chi connectivity index (χ3n) is 3.91. The van der Waals surface area contributed by atoms with Crippen molar-refractivity contribution in [1.29, 1.82) is 0 Å². The summed E-state index contributed by atoms with van der Waals surface area (Å²) in [6.45, 7) is 5.08. The molecule has 0 bridgehead atoms. The van der Waals surface area contributed by atoms with E-state index in [0.29, 0.717) is 6.42 Å². The summed E-state index contributed by atoms with van der Waals surface area (Å²) in [5.41, 5.74) is 2.47. The van der Waals surface area contributed by atoms with Crippen LogP contribution < -0.4 is 0 Å². The highest BCUT2D eigenvalue weighted by molar-refractivity contribution is 5.70. The van der Waals surface area contributed by atoms with Gasteiger partial charge in [-0.3, -0.25) is 9.69 Å². The molecule has 1 heterocycles. The number of hydrogen-bond acceptors (Lipinski definition) is 2. The molecule has 0 saturated carbocycles. The normalized spacial score (nSPS) is 18.2. The lowest BCUT2D eigenvalue weighted by atomic mass is 9.96. The van der Waals surface area contributed by atoms with E-state index in [4.69, 9.17) is 5.11 Å². The van der Waals surface area contributed by atoms with Crippen molar-refractivity contribution >= 4 is 5.97 Å². The highest BCUT2D eigenvalue weighted by Gasteiger charge is 2.16. The minimum absolute atomic E-state index is 0.317. The standard InChI is InChI=1S/C16H23NO2/c1-13(16(18)19)11-14-7-3-4-8-15(14)12-17-9-5-2-6-10-17/h3-4,7-8,13H,2,5-6,9-12H2,1H3,(H,18,19). The van der Waals surface area contributed by atoms with Gasteiger partial charge in [0.05, 0.1) is 5.92 Å². The van der Waals surface area contributed by atoms with E-state index in [0.717, 1.165) is 6.54 Å². The van der Waals surface area contributed by atoms with Gasteiger partial charge in [0.25, 0.3) is 0 Å². The minimum Gasteiger partial charge on any atom is -0.481 e. The number of nitrogens with zero attached hydrogens (tertiary/aromatic N) is 1. The molecule has 1 fully saturated rings. The molecule has 3 nitrogen and oxygen atoms in total. The Bertz CT molecular complexity index is 425. The Kier molecular flexibility index (Phi) is 4.97. The second kappa shape index (κ2) is 6.71. The summed E-state index contributed by atoms with van der Waals surface area (Å²) in [7, 11) is 0. The first-order chi connectivity index (χ1) is 9.16. The van der Waals surface area contributed by atoms with Crippen LogP contribution in [0.25, 0.3) is 0 Å². The fourth-order valence-electron chi connectivity index (χ4n) is 2.69. The third kappa shape index (κ3) is 4.06. The van der Waals surface area contributed by atoms with Crippen molar-refractivity contribution in [2.45, 2.75) is 39.2 Å². The maximum absolute atomic E-state index is 11.0. The highest BCUT2D eigenvalue weighted by Crippen LogP contribution is 2.18. The average Bonchev–Trinajstić information content (AvgIpc) is 2.42. The number of carboxylic acids is 1. The first kappa shape index (κ1) is 14.1. The van der Waals surface area contributed by atoms with Crippen molar-refractivity contribution in [3.8, 4) is 0 Å². The van der Waals surface area contributed by atoms with Crippen LogP contribution in [0.4, 0.5) is 0 Å². The van der Waals surface area contributed by atoms with Crippen LogP contribution in [0, 0.1) is 5.92 Å². The molecule has 104 valence electrons. The number of aliphatic carboxylic acids is 1. The van der Waals surface area contributed by atoms with Crippen LogP contribution in [-0.2, 0) is 17.8 Å². The van der Waals surface area contributed by atoms with Crippen molar-refractivity contribution in [2.24, 2.45) is 5.92 Å². The molecule has 1 N–H and O–H groups in total. The Morgan fingerprint density at radius 1 is 1.21 bits per heavy atom. The van der Waals surface area contributed by atoms with Gasteiger partial charge in [-0.2, -0.15) is 0 Å². The SMILES string of the molecule is CC(Cc1ccccc1CN1CCCCC1)C(=O)O. The number of benzene rings is 1. The molecular formula is C16H23NO2. The summed E-state index contributed by atoms with van der Waals surface area (Å²) in [5.74, 6) is -1.03. The molecule has 0 aliphatic carbocycles. The zero-order valence-corrected chi connectivity index (χ0v) is 11.6. The van der Waals surface area contributed by atoms with Crippen LogP contribution in [0.2, 0.25) is 0 Å². The molecule has 1 aromatic rings. The van der Waals surface area contributed by atoms with Crippen LogP contribution in [0.1, 0.15) is 37.3 Å². The Morgan fingerprint density at radius 3 is 2.47 bits per heavy atom. The van der Waals surface area contributed by atoms with Crippen LogP contribution in [0.5, 0.6) is 0 Å². The predicted molar refractivity (Wildman–Crippen MR) is 76.1 cm³/mol. The lowest BCUT2D eigenvalue weighted by Crippen LogP contribution is -2.29. The molecule has 0 radical (unpaired) electrons. The van der Waals surface area contributed by atoms with E-state index < -0.39 is 5.97 Å². The maximum Gasteiger partial charge on any atom is 0.306 e. The first-order valence-corrected chi connectivity index (χ1v) is 7.19. The molecule has 19 heavy (non-hydrogen) atoms. The number of carbonyl (C=O) groups is 1. The second-order valence-corrected chi connectivity index (χ2v) is 5.55. The summed E-state index contributed by atoms with van der Waals surface area (Å²) >= 11 is 0. The van der Waals surface area contributed by atoms with Gasteiger partial charge in [-0.15, -0.1) is 0 Å². The molecule has 0 aromatic heterocycles. The monoisotopic (exact) mass is 261 g/mol. The van der Waals surface area contributed by atoms with E-state index in [2.05, 4.69) is 17.0 Å². The van der Waals surface area contributed by atoms with Crippen LogP contribution in [0.15, 0.2) is 24.3 Å². The van der Waals surface area contributed by atoms with Crippen molar-refractivity contribution in [1.82, 2.24) is 4.90 Å². The van der Waals surface area contributed by atoms with Gasteiger partial charge in [0.1, 0.15) is 0 Å². The van der Waals surface area contributed by atoms with Crippen molar-refractivity contribution in [2.75, 3.05) is 13.1 Å². The zero-order valence-electron chi connectivity index (χ0n) is 11.6. The quantitative estimate of drug-likeness (QED) is 0.886. The maximum atomic E-state index is 11.0. The predicted octanol–water partition coefficient (Wildman–Crippen LogP) is 2.94. The number of piperidine rings is 1. The molecule has 1 atom stereocenters. The van der Waals surface area contributed by atoms with E-state index in [9.17, 15) is 4.79 Å². The van der Waals surface area contributed by atoms with Crippen molar-refractivity contribution in [3.05, 3.63) is 35.4 Å². The minimum atomic E-state index is -0.715. The molecular weight excluding hydrogens is 238 g/mol. The van der Waals surface area contributed by atoms with Crippen LogP contribution >= 0.6 is 0 Å². The Hall–Kier alpha value is -1.35. The molecule has 0 amide bonds. The summed E-state index contributed by atoms with van der Waals surface area (Å²) in [5, 5.41) is 9.05. The van der Waals surface area contributed by atoms with Gasteiger partial charge in [0.2, 0.25) is 0 Å². The van der Waals surface area contributed by atoms with Gasteiger partial charge in [0, 0.05) is 6.54 Å². The van der Waals surface area contributed by atoms with E-state index in [-0.39, 0.29) is 5.92 Å². The first-order valence-electron chi connectivity index (χ1n) is 7.19. The van der Waals surface area contributed by atoms with Gasteiger partial charge in [-0.1, -0.05) is 37.6 Å². The molecule has 2 rings (SSSR count). The van der Waals surface area contributed by atoms with E-state index in [1.54, 1.807) is 6.92 Å². The Labute approximate surface area is 115 Å². The summed E-state index contributed by atoms with van der Waals surface area (Å²) in [6.07, 6.45) is 4.54. The zero-order chi connectivity index (χ0) is 13.7. The van der Waals surface area contributed by atoms with Crippen molar-refractivity contribution < 1.29 is 9.90 Å². The van der Waals surface area contributed by atoms with E-state index >= 15 is 0 Å². The average molecular weight is 261 g/mol. The molecule has 0 spiro atoms. The van der Waals surface area contributed by atoms with Gasteiger partial charge in [-0.05, 0) is 43.5 Å². The number of likely N-dealkylation sites (tertiary alicyclic amines) is 1. The number of rotatable bonds is 5. The van der Waals surface area contributed by atoms with Gasteiger partial charge < -0.3 is 5.11 Å². The molecule has 3 heteroatoms. The lowest BCUT2D eigenvalue weighted by Gasteiger charge is -2.27. The van der Waals surface area contributed by atoms with Crippen LogP contribution in [0.3, 0.4) is 0 Å². The van der Waals surface area contributed by atoms with Gasteiger partial charge >= 0.3 is 5.97 Å². The topological polar surface area (TPSA) is 40.5 Å². The molecule has 1 saturated heterocycles. The Balaban J connectivity index is 2.04. The summed E-state index contributed by atoms with van der Waals surface area (Å²) < 4.78 is 0. The second-order valence-electron chi connectivity index (χ2n) is 5.55. The molecule has 1 aliphatic rings. The lowest BCUT2D eigenvalue weighted by molar-refractivity contribution is -0.141. The summed E-state index contributed by atoms with van der Waals surface area (Å²) in [6, 6.07) is 8.26. The summed E-state index contributed by atoms with van der Waals surface area (Å²) in [4.78, 5) is 13.5. The number of hydrogen-bond donors (Lipinski definition) is 1. The smallest absolute Gasteiger partial charge is 0.306 e. The Morgan fingerprint density at radius 2 is 1.84 bits per heavy atom. The largest absolute Gasteiger partial charge is 0.481 e. The van der Waals surface area contributed by atoms with Crippen molar-refractivity contribution in [3.63, 3.8) is 0 Å². The number of carboxylic acid groups (broad SMARTS) is 1. The fourth-order valence-corrected chi connectivity index (χ4v) is 2.69. The van der Waals surface area contributed by atoms with Gasteiger partial charge in [0.15, 0.2) is 0 Å². The fraction of sp³-hybridized carbons (Fsp3) is 0.562.